The van der Waals surface area contributed by atoms with Crippen LogP contribution < -0.4 is 16.6 Å². The van der Waals surface area contributed by atoms with Crippen molar-refractivity contribution < 1.29 is 0 Å². The summed E-state index contributed by atoms with van der Waals surface area (Å²) >= 11 is 0. The van der Waals surface area contributed by atoms with Crippen molar-refractivity contribution in [3.05, 3.63) is 11.8 Å². The fraction of sp³-hybridized carbons (Fsp3) is 0.667. The van der Waals surface area contributed by atoms with Crippen molar-refractivity contribution in [1.82, 2.24) is 19.8 Å². The first-order valence-corrected chi connectivity index (χ1v) is 6.53. The van der Waals surface area contributed by atoms with E-state index in [1.54, 1.807) is 6.20 Å². The number of nitrogens with two attached hydrogens (primary N) is 1. The number of nitrogen functional groups attached to an aromatic ring is 1. The molecule has 4 N–H and O–H groups in total. The molecule has 106 valence electrons. The molecule has 1 aliphatic heterocycles. The highest BCUT2D eigenvalue weighted by Crippen LogP contribution is 2.13. The zero-order chi connectivity index (χ0) is 13.8. The Morgan fingerprint density at radius 2 is 2.21 bits per heavy atom. The highest BCUT2D eigenvalue weighted by atomic mass is 15.3. The van der Waals surface area contributed by atoms with Gasteiger partial charge in [-0.2, -0.15) is 4.98 Å². The van der Waals surface area contributed by atoms with Crippen LogP contribution >= 0.6 is 0 Å². The van der Waals surface area contributed by atoms with Crippen LogP contribution in [0.4, 0.5) is 11.8 Å². The SMILES string of the molecule is Cc1cnc(NN)nc1NCC1CN(C)CCN1C. The molecule has 1 aromatic heterocycles. The molecule has 1 aliphatic rings. The van der Waals surface area contributed by atoms with Gasteiger partial charge in [0.2, 0.25) is 5.95 Å². The fourth-order valence-electron chi connectivity index (χ4n) is 2.23. The average molecular weight is 265 g/mol. The zero-order valence-electron chi connectivity index (χ0n) is 11.8. The molecule has 0 spiro atoms. The van der Waals surface area contributed by atoms with Crippen LogP contribution in [0.1, 0.15) is 5.56 Å². The largest absolute Gasteiger partial charge is 0.368 e. The van der Waals surface area contributed by atoms with E-state index >= 15 is 0 Å². The molecule has 7 heteroatoms. The van der Waals surface area contributed by atoms with Crippen LogP contribution in [0.3, 0.4) is 0 Å². The number of hydrogen-bond acceptors (Lipinski definition) is 7. The summed E-state index contributed by atoms with van der Waals surface area (Å²) in [7, 11) is 4.32. The molecule has 0 aromatic carbocycles. The molecule has 1 aromatic rings. The van der Waals surface area contributed by atoms with Crippen molar-refractivity contribution in [2.24, 2.45) is 5.84 Å². The van der Waals surface area contributed by atoms with Crippen molar-refractivity contribution >= 4 is 11.8 Å². The number of hydrogen-bond donors (Lipinski definition) is 3. The van der Waals surface area contributed by atoms with Gasteiger partial charge >= 0.3 is 0 Å². The molecule has 0 amide bonds. The molecule has 19 heavy (non-hydrogen) atoms. The molecule has 2 heterocycles. The third-order valence-electron chi connectivity index (χ3n) is 3.59. The Morgan fingerprint density at radius 1 is 1.42 bits per heavy atom. The van der Waals surface area contributed by atoms with E-state index in [-0.39, 0.29) is 0 Å². The van der Waals surface area contributed by atoms with Crippen molar-refractivity contribution in [2.75, 3.05) is 51.0 Å². The lowest BCUT2D eigenvalue weighted by Crippen LogP contribution is -2.52. The van der Waals surface area contributed by atoms with E-state index in [2.05, 4.69) is 44.6 Å². The predicted molar refractivity (Wildman–Crippen MR) is 77.0 cm³/mol. The lowest BCUT2D eigenvalue weighted by molar-refractivity contribution is 0.122. The molecule has 1 saturated heterocycles. The Balaban J connectivity index is 1.97. The zero-order valence-corrected chi connectivity index (χ0v) is 11.8. The third kappa shape index (κ3) is 3.52. The molecular weight excluding hydrogens is 242 g/mol. The van der Waals surface area contributed by atoms with Crippen molar-refractivity contribution in [1.29, 1.82) is 0 Å². The molecule has 1 unspecified atom stereocenters. The number of nitrogens with one attached hydrogen (secondary N) is 2. The van der Waals surface area contributed by atoms with E-state index < -0.39 is 0 Å². The number of rotatable bonds is 4. The molecule has 0 saturated carbocycles. The van der Waals surface area contributed by atoms with Gasteiger partial charge in [0.05, 0.1) is 0 Å². The van der Waals surface area contributed by atoms with Gasteiger partial charge in [0, 0.05) is 44.0 Å². The first-order chi connectivity index (χ1) is 9.10. The highest BCUT2D eigenvalue weighted by molar-refractivity contribution is 5.46. The van der Waals surface area contributed by atoms with Crippen molar-refractivity contribution in [3.8, 4) is 0 Å². The molecule has 2 rings (SSSR count). The number of piperazine rings is 1. The monoisotopic (exact) mass is 265 g/mol. The third-order valence-corrected chi connectivity index (χ3v) is 3.59. The predicted octanol–water partition coefficient (Wildman–Crippen LogP) is -0.272. The topological polar surface area (TPSA) is 82.3 Å². The number of likely N-dealkylation sites (N-methyl/N-ethyl adjacent to an activating group) is 2. The summed E-state index contributed by atoms with van der Waals surface area (Å²) in [5.41, 5.74) is 3.49. The molecule has 1 atom stereocenters. The number of hydrazine groups is 1. The second-order valence-electron chi connectivity index (χ2n) is 5.15. The minimum atomic E-state index is 0.433. The second kappa shape index (κ2) is 6.14. The summed E-state index contributed by atoms with van der Waals surface area (Å²) in [6.07, 6.45) is 1.77. The smallest absolute Gasteiger partial charge is 0.239 e. The first kappa shape index (κ1) is 14.0. The van der Waals surface area contributed by atoms with Gasteiger partial charge in [-0.1, -0.05) is 0 Å². The van der Waals surface area contributed by atoms with Crippen LogP contribution in [-0.4, -0.2) is 66.1 Å². The van der Waals surface area contributed by atoms with Gasteiger partial charge in [-0.05, 0) is 21.0 Å². The normalized spacial score (nSPS) is 21.4. The molecule has 0 aliphatic carbocycles. The van der Waals surface area contributed by atoms with Crippen LogP contribution in [-0.2, 0) is 0 Å². The molecule has 1 fully saturated rings. The maximum atomic E-state index is 5.33. The Kier molecular flexibility index (Phi) is 4.52. The van der Waals surface area contributed by atoms with Crippen LogP contribution in [0.25, 0.3) is 0 Å². The Bertz CT molecular complexity index is 423. The Hall–Kier alpha value is -1.44. The summed E-state index contributed by atoms with van der Waals surface area (Å²) in [6.45, 7) is 6.14. The van der Waals surface area contributed by atoms with Crippen molar-refractivity contribution in [3.63, 3.8) is 0 Å². The van der Waals surface area contributed by atoms with Gasteiger partial charge in [-0.3, -0.25) is 10.3 Å². The lowest BCUT2D eigenvalue weighted by Gasteiger charge is -2.37. The number of aromatic nitrogens is 2. The number of anilines is 2. The average Bonchev–Trinajstić information content (AvgIpc) is 2.41. The molecule has 0 bridgehead atoms. The summed E-state index contributed by atoms with van der Waals surface area (Å²) in [5, 5.41) is 3.39. The van der Waals surface area contributed by atoms with E-state index in [4.69, 9.17) is 5.84 Å². The van der Waals surface area contributed by atoms with Gasteiger partial charge in [0.1, 0.15) is 5.82 Å². The van der Waals surface area contributed by atoms with Gasteiger partial charge in [0.15, 0.2) is 0 Å². The van der Waals surface area contributed by atoms with Crippen LogP contribution in [0.5, 0.6) is 0 Å². The van der Waals surface area contributed by atoms with Crippen LogP contribution in [0.2, 0.25) is 0 Å². The van der Waals surface area contributed by atoms with E-state index in [9.17, 15) is 0 Å². The van der Waals surface area contributed by atoms with Crippen molar-refractivity contribution in [2.45, 2.75) is 13.0 Å². The van der Waals surface area contributed by atoms with Gasteiger partial charge < -0.3 is 10.2 Å². The number of nitrogens with zero attached hydrogens (tertiary/aromatic N) is 4. The molecule has 0 radical (unpaired) electrons. The molecular formula is C12H23N7. The van der Waals surface area contributed by atoms with Gasteiger partial charge in [-0.25, -0.2) is 10.8 Å². The second-order valence-corrected chi connectivity index (χ2v) is 5.15. The van der Waals surface area contributed by atoms with Gasteiger partial charge in [0.25, 0.3) is 0 Å². The summed E-state index contributed by atoms with van der Waals surface area (Å²) in [6, 6.07) is 0.488. The van der Waals surface area contributed by atoms with Crippen LogP contribution in [0, 0.1) is 6.92 Å². The summed E-state index contributed by atoms with van der Waals surface area (Å²) < 4.78 is 0. The maximum absolute atomic E-state index is 5.33. The van der Waals surface area contributed by atoms with Crippen LogP contribution in [0.15, 0.2) is 6.20 Å². The van der Waals surface area contributed by atoms with Gasteiger partial charge in [-0.15, -0.1) is 0 Å². The van der Waals surface area contributed by atoms with E-state index in [0.717, 1.165) is 37.6 Å². The minimum absolute atomic E-state index is 0.433. The Labute approximate surface area is 114 Å². The number of aryl methyl sites for hydroxylation is 1. The van der Waals surface area contributed by atoms with E-state index in [0.29, 0.717) is 12.0 Å². The maximum Gasteiger partial charge on any atom is 0.239 e. The highest BCUT2D eigenvalue weighted by Gasteiger charge is 2.22. The lowest BCUT2D eigenvalue weighted by atomic mass is 10.2. The summed E-state index contributed by atoms with van der Waals surface area (Å²) in [5.74, 6) is 6.60. The fourth-order valence-corrected chi connectivity index (χ4v) is 2.23. The Morgan fingerprint density at radius 3 is 2.95 bits per heavy atom. The minimum Gasteiger partial charge on any atom is -0.368 e. The quantitative estimate of drug-likeness (QED) is 0.510. The first-order valence-electron chi connectivity index (χ1n) is 6.53. The van der Waals surface area contributed by atoms with E-state index in [1.807, 2.05) is 6.92 Å². The standard InChI is InChI=1S/C12H23N7/c1-9-6-15-12(17-13)16-11(9)14-7-10-8-18(2)4-5-19(10)3/h6,10H,4-5,7-8,13H2,1-3H3,(H2,14,15,16,17). The molecule has 7 nitrogen and oxygen atoms in total. The summed E-state index contributed by atoms with van der Waals surface area (Å²) in [4.78, 5) is 13.1. The van der Waals surface area contributed by atoms with E-state index in [1.165, 1.54) is 0 Å².